The minimum atomic E-state index is -0.196. The fourth-order valence-corrected chi connectivity index (χ4v) is 3.02. The van der Waals surface area contributed by atoms with Gasteiger partial charge in [-0.15, -0.1) is 21.8 Å². The third kappa shape index (κ3) is 2.24. The van der Waals surface area contributed by atoms with Crippen molar-refractivity contribution in [1.82, 2.24) is 15.5 Å². The van der Waals surface area contributed by atoms with Crippen molar-refractivity contribution in [3.8, 4) is 0 Å². The zero-order chi connectivity index (χ0) is 12.0. The first-order chi connectivity index (χ1) is 8.08. The lowest BCUT2D eigenvalue weighted by atomic mass is 10.2. The van der Waals surface area contributed by atoms with E-state index in [2.05, 4.69) is 27.8 Å². The number of hydrogen-bond donors (Lipinski definition) is 2. The molecule has 2 saturated carbocycles. The summed E-state index contributed by atoms with van der Waals surface area (Å²) >= 11 is 7.46. The van der Waals surface area contributed by atoms with Gasteiger partial charge in [-0.05, 0) is 19.3 Å². The largest absolute Gasteiger partial charge is 0.335 e. The first-order valence-corrected chi connectivity index (χ1v) is 6.89. The predicted octanol–water partition coefficient (Wildman–Crippen LogP) is 2.09. The number of nitrogens with zero attached hydrogens (tertiary/aromatic N) is 2. The van der Waals surface area contributed by atoms with Gasteiger partial charge >= 0.3 is 6.03 Å². The van der Waals surface area contributed by atoms with Crippen molar-refractivity contribution in [3.05, 3.63) is 5.01 Å². The van der Waals surface area contributed by atoms with E-state index in [0.29, 0.717) is 11.2 Å². The molecule has 0 aliphatic heterocycles. The SMILES string of the molecule is CC1(c2nnc(NC(=O)NC3CC3)s2)CC1Cl. The van der Waals surface area contributed by atoms with Crippen LogP contribution in [0.2, 0.25) is 0 Å². The van der Waals surface area contributed by atoms with Crippen LogP contribution in [-0.2, 0) is 5.41 Å². The summed E-state index contributed by atoms with van der Waals surface area (Å²) in [5, 5.41) is 15.2. The molecule has 2 fully saturated rings. The molecule has 1 aromatic rings. The molecule has 7 heteroatoms. The van der Waals surface area contributed by atoms with Crippen molar-refractivity contribution in [2.24, 2.45) is 0 Å². The van der Waals surface area contributed by atoms with Crippen molar-refractivity contribution in [1.29, 1.82) is 0 Å². The van der Waals surface area contributed by atoms with E-state index in [0.717, 1.165) is 24.3 Å². The molecule has 0 spiro atoms. The molecule has 2 unspecified atom stereocenters. The number of alkyl halides is 1. The van der Waals surface area contributed by atoms with Crippen LogP contribution in [0.15, 0.2) is 0 Å². The lowest BCUT2D eigenvalue weighted by Crippen LogP contribution is -2.30. The molecule has 5 nitrogen and oxygen atoms in total. The van der Waals surface area contributed by atoms with Gasteiger partial charge in [0.2, 0.25) is 5.13 Å². The van der Waals surface area contributed by atoms with E-state index < -0.39 is 0 Å². The Labute approximate surface area is 108 Å². The third-order valence-electron chi connectivity index (χ3n) is 3.18. The molecular formula is C10H13ClN4OS. The van der Waals surface area contributed by atoms with Crippen LogP contribution >= 0.6 is 22.9 Å². The molecule has 92 valence electrons. The number of halogens is 1. The van der Waals surface area contributed by atoms with Crippen LogP contribution < -0.4 is 10.6 Å². The fourth-order valence-electron chi connectivity index (χ4n) is 1.59. The smallest absolute Gasteiger partial charge is 0.321 e. The summed E-state index contributed by atoms with van der Waals surface area (Å²) in [6.45, 7) is 2.07. The number of carbonyl (C=O) groups excluding carboxylic acids is 1. The van der Waals surface area contributed by atoms with E-state index in [-0.39, 0.29) is 16.8 Å². The highest BCUT2D eigenvalue weighted by Gasteiger charge is 2.53. The van der Waals surface area contributed by atoms with Gasteiger partial charge in [-0.3, -0.25) is 5.32 Å². The Kier molecular flexibility index (Phi) is 2.52. The number of nitrogens with one attached hydrogen (secondary N) is 2. The van der Waals surface area contributed by atoms with Crippen LogP contribution in [0.25, 0.3) is 0 Å². The van der Waals surface area contributed by atoms with Crippen molar-refractivity contribution in [2.75, 3.05) is 5.32 Å². The second-order valence-electron chi connectivity index (χ2n) is 4.87. The summed E-state index contributed by atoms with van der Waals surface area (Å²) < 4.78 is 0. The molecule has 2 aliphatic carbocycles. The highest BCUT2D eigenvalue weighted by molar-refractivity contribution is 7.15. The molecule has 1 aromatic heterocycles. The first kappa shape index (κ1) is 11.2. The summed E-state index contributed by atoms with van der Waals surface area (Å²) in [7, 11) is 0. The molecule has 17 heavy (non-hydrogen) atoms. The molecule has 2 amide bonds. The van der Waals surface area contributed by atoms with E-state index in [9.17, 15) is 4.79 Å². The molecule has 0 aromatic carbocycles. The minimum absolute atomic E-state index is 0.0495. The monoisotopic (exact) mass is 272 g/mol. The van der Waals surface area contributed by atoms with Crippen molar-refractivity contribution in [3.63, 3.8) is 0 Å². The molecule has 3 rings (SSSR count). The van der Waals surface area contributed by atoms with Gasteiger partial charge in [-0.25, -0.2) is 4.79 Å². The Morgan fingerprint density at radius 3 is 2.82 bits per heavy atom. The van der Waals surface area contributed by atoms with E-state index in [1.807, 2.05) is 0 Å². The van der Waals surface area contributed by atoms with Crippen LogP contribution in [0.1, 0.15) is 31.2 Å². The Morgan fingerprint density at radius 1 is 1.53 bits per heavy atom. The Hall–Kier alpha value is -0.880. The topological polar surface area (TPSA) is 66.9 Å². The Morgan fingerprint density at radius 2 is 2.24 bits per heavy atom. The maximum Gasteiger partial charge on any atom is 0.321 e. The average Bonchev–Trinajstić information content (AvgIpc) is 3.10. The van der Waals surface area contributed by atoms with E-state index in [1.165, 1.54) is 11.3 Å². The molecular weight excluding hydrogens is 260 g/mol. The quantitative estimate of drug-likeness (QED) is 0.828. The van der Waals surface area contributed by atoms with Crippen molar-refractivity contribution in [2.45, 2.75) is 43.0 Å². The van der Waals surface area contributed by atoms with Gasteiger partial charge in [0.1, 0.15) is 5.01 Å². The van der Waals surface area contributed by atoms with Crippen molar-refractivity contribution >= 4 is 34.1 Å². The van der Waals surface area contributed by atoms with E-state index in [4.69, 9.17) is 11.6 Å². The zero-order valence-corrected chi connectivity index (χ0v) is 10.9. The van der Waals surface area contributed by atoms with Crippen LogP contribution in [0.4, 0.5) is 9.93 Å². The van der Waals surface area contributed by atoms with E-state index >= 15 is 0 Å². The number of urea groups is 1. The highest BCUT2D eigenvalue weighted by Crippen LogP contribution is 2.52. The molecule has 1 heterocycles. The Balaban J connectivity index is 1.62. The number of hydrogen-bond acceptors (Lipinski definition) is 4. The predicted molar refractivity (Wildman–Crippen MR) is 66.7 cm³/mol. The first-order valence-electron chi connectivity index (χ1n) is 5.63. The van der Waals surface area contributed by atoms with Crippen LogP contribution in [0.5, 0.6) is 0 Å². The maximum atomic E-state index is 11.5. The molecule has 2 aliphatic rings. The second-order valence-corrected chi connectivity index (χ2v) is 6.38. The number of anilines is 1. The summed E-state index contributed by atoms with van der Waals surface area (Å²) in [4.78, 5) is 11.5. The minimum Gasteiger partial charge on any atom is -0.335 e. The Bertz CT molecular complexity index is 461. The maximum absolute atomic E-state index is 11.5. The van der Waals surface area contributed by atoms with E-state index in [1.54, 1.807) is 0 Å². The lowest BCUT2D eigenvalue weighted by molar-refractivity contribution is 0.251. The molecule has 0 radical (unpaired) electrons. The van der Waals surface area contributed by atoms with Gasteiger partial charge in [-0.1, -0.05) is 18.3 Å². The van der Waals surface area contributed by atoms with Gasteiger partial charge in [0.05, 0.1) is 0 Å². The molecule has 0 saturated heterocycles. The van der Waals surface area contributed by atoms with Crippen LogP contribution in [0, 0.1) is 0 Å². The van der Waals surface area contributed by atoms with Gasteiger partial charge in [0, 0.05) is 16.8 Å². The summed E-state index contributed by atoms with van der Waals surface area (Å²) in [6, 6.07) is 0.147. The average molecular weight is 273 g/mol. The fraction of sp³-hybridized carbons (Fsp3) is 0.700. The standard InChI is InChI=1S/C10H13ClN4OS/c1-10(4-6(10)11)7-14-15-9(17-7)13-8(16)12-5-2-3-5/h5-6H,2-4H2,1H3,(H2,12,13,15,16). The number of amides is 2. The second kappa shape index (κ2) is 3.81. The molecule has 2 atom stereocenters. The van der Waals surface area contributed by atoms with Crippen molar-refractivity contribution < 1.29 is 4.79 Å². The highest BCUT2D eigenvalue weighted by atomic mass is 35.5. The summed E-state index contributed by atoms with van der Waals surface area (Å²) in [5.74, 6) is 0. The lowest BCUT2D eigenvalue weighted by Gasteiger charge is -2.02. The van der Waals surface area contributed by atoms with Crippen LogP contribution in [0.3, 0.4) is 0 Å². The molecule has 2 N–H and O–H groups in total. The van der Waals surface area contributed by atoms with Gasteiger partial charge < -0.3 is 5.32 Å². The third-order valence-corrected chi connectivity index (χ3v) is 4.94. The zero-order valence-electron chi connectivity index (χ0n) is 9.36. The van der Waals surface area contributed by atoms with Gasteiger partial charge in [0.15, 0.2) is 0 Å². The number of carbonyl (C=O) groups is 1. The summed E-state index contributed by atoms with van der Waals surface area (Å²) in [5.41, 5.74) is -0.0495. The number of aromatic nitrogens is 2. The summed E-state index contributed by atoms with van der Waals surface area (Å²) in [6.07, 6.45) is 3.07. The van der Waals surface area contributed by atoms with Gasteiger partial charge in [-0.2, -0.15) is 0 Å². The molecule has 0 bridgehead atoms. The normalized spacial score (nSPS) is 31.1. The van der Waals surface area contributed by atoms with Crippen LogP contribution in [-0.4, -0.2) is 27.6 Å². The van der Waals surface area contributed by atoms with Gasteiger partial charge in [0.25, 0.3) is 0 Å². The number of rotatable bonds is 3.